The molecule has 0 amide bonds. The molecule has 0 fully saturated rings. The molecule has 3 N–H and O–H groups in total. The van der Waals surface area contributed by atoms with E-state index in [0.717, 1.165) is 135 Å². The molecule has 0 rings (SSSR count). The standard InChI is InChI=1S/C77H142O17P2/c1-5-9-13-17-21-25-29-33-35-39-42-46-50-54-58-62-75(80)88-68-73(94-77(82)64-60-56-52-48-44-40-36-34-30-26-22-18-14-10-6-2)70-92-96(85,86)90-66-71(78)65-89-95(83,84)91-69-72(93-76(81)63-59-55-51-47-43-38-32-28-24-20-16-12-8-4)67-87-74(79)61-57-53-49-45-41-37-31-27-23-19-15-11-7-3/h9,13,21,25,33-36,71-73,78H,5-8,10-12,14-20,22-24,26-32,37-70H2,1-4H3,(H,83,84)(H,85,86)/b13-9-,25-21-,35-33-,36-34-. The van der Waals surface area contributed by atoms with Gasteiger partial charge >= 0.3 is 39.5 Å². The van der Waals surface area contributed by atoms with Gasteiger partial charge in [0.25, 0.3) is 0 Å². The second-order valence-corrected chi connectivity index (χ2v) is 29.2. The summed E-state index contributed by atoms with van der Waals surface area (Å²) in [6.07, 6.45) is 66.6. The summed E-state index contributed by atoms with van der Waals surface area (Å²) in [6.45, 7) is 4.80. The number of unbranched alkanes of at least 4 members (excludes halogenated alkanes) is 40. The molecule has 0 bridgehead atoms. The van der Waals surface area contributed by atoms with Gasteiger partial charge in [-0.15, -0.1) is 0 Å². The molecule has 0 aromatic rings. The number of allylic oxidation sites excluding steroid dienone is 8. The van der Waals surface area contributed by atoms with Gasteiger partial charge in [-0.1, -0.05) is 301 Å². The maximum absolute atomic E-state index is 13.1. The van der Waals surface area contributed by atoms with E-state index in [2.05, 4.69) is 76.3 Å². The van der Waals surface area contributed by atoms with E-state index in [9.17, 15) is 43.2 Å². The third kappa shape index (κ3) is 69.5. The first kappa shape index (κ1) is 93.0. The number of phosphoric acid groups is 2. The van der Waals surface area contributed by atoms with Gasteiger partial charge in [-0.3, -0.25) is 37.3 Å². The molecular formula is C77H142O17P2. The minimum absolute atomic E-state index is 0.0860. The van der Waals surface area contributed by atoms with Crippen LogP contribution in [0, 0.1) is 0 Å². The predicted octanol–water partition coefficient (Wildman–Crippen LogP) is 22.1. The zero-order valence-electron chi connectivity index (χ0n) is 61.3. The maximum Gasteiger partial charge on any atom is 0.472 e. The van der Waals surface area contributed by atoms with Crippen molar-refractivity contribution in [1.29, 1.82) is 0 Å². The Morgan fingerprint density at radius 2 is 0.542 bits per heavy atom. The van der Waals surface area contributed by atoms with Gasteiger partial charge in [0, 0.05) is 25.7 Å². The predicted molar refractivity (Wildman–Crippen MR) is 390 cm³/mol. The van der Waals surface area contributed by atoms with E-state index in [-0.39, 0.29) is 25.7 Å². The van der Waals surface area contributed by atoms with Gasteiger partial charge in [0.05, 0.1) is 26.4 Å². The Morgan fingerprint density at radius 1 is 0.302 bits per heavy atom. The van der Waals surface area contributed by atoms with Crippen LogP contribution in [-0.2, 0) is 65.4 Å². The molecule has 0 spiro atoms. The number of carbonyl (C=O) groups excluding carboxylic acids is 4. The topological polar surface area (TPSA) is 237 Å². The van der Waals surface area contributed by atoms with Crippen molar-refractivity contribution in [2.24, 2.45) is 0 Å². The average Bonchev–Trinajstić information content (AvgIpc) is 1.36. The zero-order valence-corrected chi connectivity index (χ0v) is 63.1. The summed E-state index contributed by atoms with van der Waals surface area (Å²) in [7, 11) is -9.93. The smallest absolute Gasteiger partial charge is 0.462 e. The molecule has 0 saturated heterocycles. The largest absolute Gasteiger partial charge is 0.472 e. The summed E-state index contributed by atoms with van der Waals surface area (Å²) in [4.78, 5) is 72.8. The number of hydrogen-bond acceptors (Lipinski definition) is 15. The quantitative estimate of drug-likeness (QED) is 0.0169. The van der Waals surface area contributed by atoms with Crippen molar-refractivity contribution in [2.45, 2.75) is 380 Å². The van der Waals surface area contributed by atoms with Crippen LogP contribution < -0.4 is 0 Å². The van der Waals surface area contributed by atoms with Crippen LogP contribution in [-0.4, -0.2) is 96.7 Å². The molecule has 96 heavy (non-hydrogen) atoms. The van der Waals surface area contributed by atoms with E-state index in [0.29, 0.717) is 25.7 Å². The fraction of sp³-hybridized carbons (Fsp3) is 0.844. The Balaban J connectivity index is 5.32. The highest BCUT2D eigenvalue weighted by molar-refractivity contribution is 7.47. The summed E-state index contributed by atoms with van der Waals surface area (Å²) in [5, 5.41) is 10.6. The van der Waals surface area contributed by atoms with Gasteiger partial charge in [-0.05, 0) is 83.5 Å². The summed E-state index contributed by atoms with van der Waals surface area (Å²) in [5.74, 6) is -2.16. The van der Waals surface area contributed by atoms with E-state index in [1.807, 2.05) is 0 Å². The summed E-state index contributed by atoms with van der Waals surface area (Å²) in [5.41, 5.74) is 0. The number of carbonyl (C=O) groups is 4. The van der Waals surface area contributed by atoms with Gasteiger partial charge in [0.15, 0.2) is 12.2 Å². The van der Waals surface area contributed by atoms with E-state index in [4.69, 9.17) is 37.0 Å². The number of esters is 4. The van der Waals surface area contributed by atoms with Crippen LogP contribution in [0.2, 0.25) is 0 Å². The average molecular weight is 1400 g/mol. The SMILES string of the molecule is CC/C=C\C/C=C\C/C=C\CCCCCCCC(=O)OCC(COP(=O)(O)OCC(O)COP(=O)(O)OCC(COC(=O)CCCCCCCCCCCCCCC)OC(=O)CCCCCCCCCCCCCCC)OC(=O)CCCCCCC/C=C\CCCCCCCC. The molecular weight excluding hydrogens is 1260 g/mol. The second kappa shape index (κ2) is 70.5. The lowest BCUT2D eigenvalue weighted by atomic mass is 10.0. The molecule has 5 atom stereocenters. The van der Waals surface area contributed by atoms with Crippen molar-refractivity contribution in [3.8, 4) is 0 Å². The number of aliphatic hydroxyl groups excluding tert-OH is 1. The lowest BCUT2D eigenvalue weighted by Crippen LogP contribution is -2.30. The van der Waals surface area contributed by atoms with Crippen molar-refractivity contribution in [3.05, 3.63) is 48.6 Å². The first-order valence-electron chi connectivity index (χ1n) is 38.9. The number of rotatable bonds is 74. The minimum atomic E-state index is -4.97. The van der Waals surface area contributed by atoms with E-state index in [1.165, 1.54) is 148 Å². The molecule has 0 saturated carbocycles. The van der Waals surface area contributed by atoms with Gasteiger partial charge in [-0.2, -0.15) is 0 Å². The molecule has 0 aromatic carbocycles. The van der Waals surface area contributed by atoms with E-state index < -0.39 is 97.5 Å². The molecule has 5 unspecified atom stereocenters. The molecule has 17 nitrogen and oxygen atoms in total. The van der Waals surface area contributed by atoms with Crippen molar-refractivity contribution in [1.82, 2.24) is 0 Å². The Labute approximate surface area is 585 Å². The van der Waals surface area contributed by atoms with Crippen molar-refractivity contribution in [2.75, 3.05) is 39.6 Å². The van der Waals surface area contributed by atoms with Crippen LogP contribution >= 0.6 is 15.6 Å². The Hall–Kier alpha value is -2.98. The highest BCUT2D eigenvalue weighted by Gasteiger charge is 2.30. The third-order valence-corrected chi connectivity index (χ3v) is 18.7. The number of aliphatic hydroxyl groups is 1. The molecule has 0 heterocycles. The van der Waals surface area contributed by atoms with Crippen molar-refractivity contribution < 1.29 is 80.2 Å². The number of phosphoric ester groups is 2. The van der Waals surface area contributed by atoms with Crippen LogP contribution in [0.4, 0.5) is 0 Å². The van der Waals surface area contributed by atoms with E-state index >= 15 is 0 Å². The molecule has 562 valence electrons. The zero-order chi connectivity index (χ0) is 70.4. The highest BCUT2D eigenvalue weighted by Crippen LogP contribution is 2.45. The summed E-state index contributed by atoms with van der Waals surface area (Å²) < 4.78 is 68.5. The molecule has 19 heteroatoms. The van der Waals surface area contributed by atoms with Crippen molar-refractivity contribution >= 4 is 39.5 Å². The van der Waals surface area contributed by atoms with Crippen LogP contribution in [0.3, 0.4) is 0 Å². The van der Waals surface area contributed by atoms with Gasteiger partial charge in [0.1, 0.15) is 19.3 Å². The fourth-order valence-electron chi connectivity index (χ4n) is 10.9. The first-order chi connectivity index (χ1) is 46.7. The fourth-order valence-corrected chi connectivity index (χ4v) is 12.5. The Kier molecular flexibility index (Phi) is 68.3. The molecule has 0 aliphatic carbocycles. The Morgan fingerprint density at radius 3 is 0.844 bits per heavy atom. The normalized spacial score (nSPS) is 14.2. The van der Waals surface area contributed by atoms with E-state index in [1.54, 1.807) is 0 Å². The third-order valence-electron chi connectivity index (χ3n) is 16.8. The Bertz CT molecular complexity index is 2010. The summed E-state index contributed by atoms with van der Waals surface area (Å²) >= 11 is 0. The van der Waals surface area contributed by atoms with Gasteiger partial charge in [-0.25, -0.2) is 9.13 Å². The van der Waals surface area contributed by atoms with Gasteiger partial charge < -0.3 is 33.8 Å². The molecule has 0 aromatic heterocycles. The highest BCUT2D eigenvalue weighted by atomic mass is 31.2. The first-order valence-corrected chi connectivity index (χ1v) is 41.9. The monoisotopic (exact) mass is 1400 g/mol. The van der Waals surface area contributed by atoms with Gasteiger partial charge in [0.2, 0.25) is 0 Å². The van der Waals surface area contributed by atoms with Crippen LogP contribution in [0.15, 0.2) is 48.6 Å². The van der Waals surface area contributed by atoms with Crippen LogP contribution in [0.1, 0.15) is 362 Å². The number of hydrogen-bond donors (Lipinski definition) is 3. The van der Waals surface area contributed by atoms with Crippen LogP contribution in [0.5, 0.6) is 0 Å². The van der Waals surface area contributed by atoms with Crippen LogP contribution in [0.25, 0.3) is 0 Å². The number of ether oxygens (including phenoxy) is 4. The summed E-state index contributed by atoms with van der Waals surface area (Å²) in [6, 6.07) is 0. The molecule has 0 aliphatic rings. The van der Waals surface area contributed by atoms with Crippen molar-refractivity contribution in [3.63, 3.8) is 0 Å². The maximum atomic E-state index is 13.1. The minimum Gasteiger partial charge on any atom is -0.462 e. The molecule has 0 aliphatic heterocycles. The second-order valence-electron chi connectivity index (χ2n) is 26.3. The lowest BCUT2D eigenvalue weighted by molar-refractivity contribution is -0.161. The lowest BCUT2D eigenvalue weighted by Gasteiger charge is -2.21. The molecule has 0 radical (unpaired) electrons.